The molecular weight excluding hydrogens is 304 g/mol. The van der Waals surface area contributed by atoms with Crippen LogP contribution in [0, 0.1) is 0 Å². The average Bonchev–Trinajstić information content (AvgIpc) is 2.39. The molecule has 0 saturated carbocycles. The second-order valence-corrected chi connectivity index (χ2v) is 5.47. The Kier molecular flexibility index (Phi) is 7.49. The molecule has 0 unspecified atom stereocenters. The Hall–Kier alpha value is -1.09. The molecule has 0 aliphatic carbocycles. The zero-order chi connectivity index (χ0) is 14.1. The molecular formula is C16H21BrO2. The van der Waals surface area contributed by atoms with Crippen molar-refractivity contribution in [3.05, 3.63) is 39.9 Å². The van der Waals surface area contributed by atoms with Crippen LogP contribution in [0.5, 0.6) is 5.75 Å². The van der Waals surface area contributed by atoms with Gasteiger partial charge in [0.05, 0.1) is 11.6 Å². The topological polar surface area (TPSA) is 26.3 Å². The zero-order valence-corrected chi connectivity index (χ0v) is 13.2. The highest BCUT2D eigenvalue weighted by Crippen LogP contribution is 2.26. The summed E-state index contributed by atoms with van der Waals surface area (Å²) in [5, 5.41) is 0. The van der Waals surface area contributed by atoms with Crippen molar-refractivity contribution in [2.75, 3.05) is 7.11 Å². The van der Waals surface area contributed by atoms with Gasteiger partial charge in [0, 0.05) is 6.42 Å². The molecule has 104 valence electrons. The minimum Gasteiger partial charge on any atom is -0.496 e. The maximum absolute atomic E-state index is 10.2. The van der Waals surface area contributed by atoms with E-state index in [9.17, 15) is 4.79 Å². The molecule has 0 aliphatic heterocycles. The quantitative estimate of drug-likeness (QED) is 0.393. The molecule has 19 heavy (non-hydrogen) atoms. The van der Waals surface area contributed by atoms with Gasteiger partial charge in [-0.2, -0.15) is 0 Å². The first-order valence-electron chi connectivity index (χ1n) is 6.59. The fourth-order valence-corrected chi connectivity index (χ4v) is 2.50. The summed E-state index contributed by atoms with van der Waals surface area (Å²) < 4.78 is 6.21. The van der Waals surface area contributed by atoms with Gasteiger partial charge < -0.3 is 9.53 Å². The van der Waals surface area contributed by atoms with Gasteiger partial charge in [-0.1, -0.05) is 17.7 Å². The predicted molar refractivity (Wildman–Crippen MR) is 82.7 cm³/mol. The molecule has 2 nitrogen and oxygen atoms in total. The van der Waals surface area contributed by atoms with Crippen LogP contribution < -0.4 is 4.74 Å². The highest BCUT2D eigenvalue weighted by molar-refractivity contribution is 9.10. The lowest BCUT2D eigenvalue weighted by Gasteiger charge is -2.05. The number of aryl methyl sites for hydroxylation is 1. The number of unbranched alkanes of at least 4 members (excludes halogenated alkanes) is 1. The van der Waals surface area contributed by atoms with Crippen molar-refractivity contribution >= 4 is 22.2 Å². The molecule has 1 aromatic rings. The number of methoxy groups -OCH3 is 1. The van der Waals surface area contributed by atoms with Gasteiger partial charge in [0.25, 0.3) is 0 Å². The minimum absolute atomic E-state index is 0.663. The smallest absolute Gasteiger partial charge is 0.133 e. The number of halogens is 1. The maximum atomic E-state index is 10.2. The van der Waals surface area contributed by atoms with E-state index in [0.717, 1.165) is 42.2 Å². The van der Waals surface area contributed by atoms with Crippen molar-refractivity contribution < 1.29 is 9.53 Å². The van der Waals surface area contributed by atoms with E-state index in [1.54, 1.807) is 7.11 Å². The Labute approximate surface area is 124 Å². The molecule has 1 rings (SSSR count). The summed E-state index contributed by atoms with van der Waals surface area (Å²) in [5.41, 5.74) is 2.67. The predicted octanol–water partition coefficient (Wildman–Crippen LogP) is 4.71. The van der Waals surface area contributed by atoms with Crippen LogP contribution in [0.4, 0.5) is 0 Å². The van der Waals surface area contributed by atoms with E-state index >= 15 is 0 Å². The van der Waals surface area contributed by atoms with Crippen LogP contribution in [0.2, 0.25) is 0 Å². The minimum atomic E-state index is 0.663. The lowest BCUT2D eigenvalue weighted by Crippen LogP contribution is -1.88. The Morgan fingerprint density at radius 1 is 1.37 bits per heavy atom. The third-order valence-corrected chi connectivity index (χ3v) is 3.65. The molecule has 0 aliphatic rings. The van der Waals surface area contributed by atoms with E-state index in [2.05, 4.69) is 41.1 Å². The second-order valence-electron chi connectivity index (χ2n) is 4.62. The number of carbonyl (C=O) groups is 1. The molecule has 0 radical (unpaired) electrons. The molecule has 0 atom stereocenters. The summed E-state index contributed by atoms with van der Waals surface area (Å²) >= 11 is 3.50. The average molecular weight is 325 g/mol. The lowest BCUT2D eigenvalue weighted by molar-refractivity contribution is -0.107. The van der Waals surface area contributed by atoms with Crippen molar-refractivity contribution in [2.45, 2.75) is 39.0 Å². The summed E-state index contributed by atoms with van der Waals surface area (Å²) in [7, 11) is 1.67. The number of hydrogen-bond donors (Lipinski definition) is 0. The normalized spacial score (nSPS) is 11.4. The summed E-state index contributed by atoms with van der Waals surface area (Å²) in [6.07, 6.45) is 7.95. The molecule has 0 bridgehead atoms. The van der Waals surface area contributed by atoms with E-state index in [4.69, 9.17) is 4.74 Å². The number of carbonyl (C=O) groups excluding carboxylic acids is 1. The van der Waals surface area contributed by atoms with Gasteiger partial charge in [0.2, 0.25) is 0 Å². The first-order chi connectivity index (χ1) is 9.17. The van der Waals surface area contributed by atoms with Gasteiger partial charge in [-0.25, -0.2) is 0 Å². The van der Waals surface area contributed by atoms with Crippen molar-refractivity contribution in [3.63, 3.8) is 0 Å². The monoisotopic (exact) mass is 324 g/mol. The third kappa shape index (κ3) is 6.06. The van der Waals surface area contributed by atoms with Crippen molar-refractivity contribution in [2.24, 2.45) is 0 Å². The number of aldehydes is 1. The zero-order valence-electron chi connectivity index (χ0n) is 11.6. The SMILES string of the molecule is COc1ccc(CCC=C(C)CCCC=O)cc1Br. The van der Waals surface area contributed by atoms with Crippen molar-refractivity contribution in [1.29, 1.82) is 0 Å². The highest BCUT2D eigenvalue weighted by Gasteiger charge is 2.00. The van der Waals surface area contributed by atoms with Gasteiger partial charge in [-0.05, 0) is 66.2 Å². The van der Waals surface area contributed by atoms with E-state index in [-0.39, 0.29) is 0 Å². The van der Waals surface area contributed by atoms with E-state index in [1.165, 1.54) is 11.1 Å². The summed E-state index contributed by atoms with van der Waals surface area (Å²) in [5.74, 6) is 0.865. The van der Waals surface area contributed by atoms with E-state index in [0.29, 0.717) is 6.42 Å². The van der Waals surface area contributed by atoms with Crippen LogP contribution in [0.1, 0.15) is 38.2 Å². The van der Waals surface area contributed by atoms with Crippen LogP contribution in [0.3, 0.4) is 0 Å². The summed E-state index contributed by atoms with van der Waals surface area (Å²) in [4.78, 5) is 10.2. The molecule has 1 aromatic carbocycles. The molecule has 0 fully saturated rings. The molecule has 0 aromatic heterocycles. The fraction of sp³-hybridized carbons (Fsp3) is 0.438. The Balaban J connectivity index is 2.42. The Morgan fingerprint density at radius 3 is 2.79 bits per heavy atom. The molecule has 3 heteroatoms. The molecule has 0 spiro atoms. The van der Waals surface area contributed by atoms with E-state index < -0.39 is 0 Å². The number of ether oxygens (including phenoxy) is 1. The lowest BCUT2D eigenvalue weighted by atomic mass is 10.1. The Bertz CT molecular complexity index is 438. The fourth-order valence-electron chi connectivity index (χ4n) is 1.92. The van der Waals surface area contributed by atoms with Gasteiger partial charge in [0.1, 0.15) is 12.0 Å². The standard InChI is InChI=1S/C16H21BrO2/c1-13(6-3-4-11-18)7-5-8-14-9-10-16(19-2)15(17)12-14/h7,9-12H,3-6,8H2,1-2H3. The largest absolute Gasteiger partial charge is 0.496 e. The number of allylic oxidation sites excluding steroid dienone is 2. The summed E-state index contributed by atoms with van der Waals surface area (Å²) in [6.45, 7) is 2.13. The van der Waals surface area contributed by atoms with Crippen LogP contribution in [-0.4, -0.2) is 13.4 Å². The van der Waals surface area contributed by atoms with Crippen LogP contribution in [0.25, 0.3) is 0 Å². The maximum Gasteiger partial charge on any atom is 0.133 e. The summed E-state index contributed by atoms with van der Waals surface area (Å²) in [6, 6.07) is 6.19. The van der Waals surface area contributed by atoms with Gasteiger partial charge >= 0.3 is 0 Å². The van der Waals surface area contributed by atoms with Gasteiger partial charge in [-0.3, -0.25) is 0 Å². The van der Waals surface area contributed by atoms with E-state index in [1.807, 2.05) is 6.07 Å². The van der Waals surface area contributed by atoms with Crippen LogP contribution in [0.15, 0.2) is 34.3 Å². The van der Waals surface area contributed by atoms with Crippen molar-refractivity contribution in [1.82, 2.24) is 0 Å². The van der Waals surface area contributed by atoms with Crippen molar-refractivity contribution in [3.8, 4) is 5.75 Å². The molecule has 0 N–H and O–H groups in total. The second kappa shape index (κ2) is 8.92. The Morgan fingerprint density at radius 2 is 2.16 bits per heavy atom. The first kappa shape index (κ1) is 16.0. The number of hydrogen-bond acceptors (Lipinski definition) is 2. The molecule has 0 saturated heterocycles. The highest BCUT2D eigenvalue weighted by atomic mass is 79.9. The molecule has 0 amide bonds. The van der Waals surface area contributed by atoms with Gasteiger partial charge in [-0.15, -0.1) is 0 Å². The van der Waals surface area contributed by atoms with Crippen LogP contribution >= 0.6 is 15.9 Å². The van der Waals surface area contributed by atoms with Gasteiger partial charge in [0.15, 0.2) is 0 Å². The van der Waals surface area contributed by atoms with Crippen LogP contribution in [-0.2, 0) is 11.2 Å². The third-order valence-electron chi connectivity index (χ3n) is 3.04. The first-order valence-corrected chi connectivity index (χ1v) is 7.38. The number of rotatable bonds is 8. The molecule has 0 heterocycles. The number of benzene rings is 1.